The summed E-state index contributed by atoms with van der Waals surface area (Å²) in [6, 6.07) is 0. The third kappa shape index (κ3) is 3.18. The van der Waals surface area contributed by atoms with Gasteiger partial charge in [0.2, 0.25) is 0 Å². The quantitative estimate of drug-likeness (QED) is 0.612. The highest BCUT2D eigenvalue weighted by Gasteiger charge is 2.15. The van der Waals surface area contributed by atoms with Crippen molar-refractivity contribution in [3.8, 4) is 0 Å². The Bertz CT molecular complexity index is 97.5. The van der Waals surface area contributed by atoms with E-state index in [1.54, 1.807) is 7.11 Å². The summed E-state index contributed by atoms with van der Waals surface area (Å²) in [6.45, 7) is 3.00. The molecule has 0 aromatic heterocycles. The molecule has 2 N–H and O–H groups in total. The second-order valence-electron chi connectivity index (χ2n) is 3.26. The normalized spacial score (nSPS) is 22.4. The molecule has 1 aliphatic rings. The zero-order valence-electron chi connectivity index (χ0n) is 7.25. The molecule has 1 heterocycles. The third-order valence-electron chi connectivity index (χ3n) is 2.38. The molecule has 66 valence electrons. The highest BCUT2D eigenvalue weighted by atomic mass is 16.5. The van der Waals surface area contributed by atoms with E-state index in [9.17, 15) is 0 Å². The number of nitrogens with zero attached hydrogens (tertiary/aromatic N) is 1. The van der Waals surface area contributed by atoms with Gasteiger partial charge < -0.3 is 4.74 Å². The molecule has 1 saturated heterocycles. The first-order valence-corrected chi connectivity index (χ1v) is 4.31. The van der Waals surface area contributed by atoms with Gasteiger partial charge >= 0.3 is 0 Å². The Kier molecular flexibility index (Phi) is 3.83. The van der Waals surface area contributed by atoms with E-state index in [4.69, 9.17) is 10.6 Å². The molecule has 0 amide bonds. The molecule has 0 saturated carbocycles. The first kappa shape index (κ1) is 8.97. The van der Waals surface area contributed by atoms with Crippen molar-refractivity contribution in [2.75, 3.05) is 26.8 Å². The van der Waals surface area contributed by atoms with Gasteiger partial charge in [-0.25, -0.2) is 5.01 Å². The molecular formula is C8H18N2O. The van der Waals surface area contributed by atoms with Crippen LogP contribution in [0, 0.1) is 5.92 Å². The van der Waals surface area contributed by atoms with Crippen LogP contribution in [-0.2, 0) is 4.74 Å². The number of nitrogens with two attached hydrogens (primary N) is 1. The van der Waals surface area contributed by atoms with Crippen LogP contribution < -0.4 is 5.84 Å². The number of ether oxygens (including phenoxy) is 1. The van der Waals surface area contributed by atoms with Gasteiger partial charge in [0.05, 0.1) is 0 Å². The van der Waals surface area contributed by atoms with E-state index in [1.807, 2.05) is 5.01 Å². The minimum Gasteiger partial charge on any atom is -0.385 e. The molecule has 3 heteroatoms. The molecule has 0 aromatic rings. The van der Waals surface area contributed by atoms with Crippen molar-refractivity contribution in [1.82, 2.24) is 5.01 Å². The standard InChI is InChI=1S/C8H18N2O/c1-11-7-4-8-2-5-10(9)6-3-8/h8H,2-7,9H2,1H3. The lowest BCUT2D eigenvalue weighted by molar-refractivity contribution is 0.136. The van der Waals surface area contributed by atoms with E-state index in [0.717, 1.165) is 25.6 Å². The summed E-state index contributed by atoms with van der Waals surface area (Å²) in [5, 5.41) is 1.91. The Morgan fingerprint density at radius 1 is 1.45 bits per heavy atom. The number of piperidine rings is 1. The second-order valence-corrected chi connectivity index (χ2v) is 3.26. The zero-order valence-corrected chi connectivity index (χ0v) is 7.25. The minimum absolute atomic E-state index is 0.842. The van der Waals surface area contributed by atoms with Crippen molar-refractivity contribution in [3.63, 3.8) is 0 Å². The molecule has 0 radical (unpaired) electrons. The van der Waals surface area contributed by atoms with Gasteiger partial charge in [0, 0.05) is 26.8 Å². The highest BCUT2D eigenvalue weighted by molar-refractivity contribution is 4.68. The van der Waals surface area contributed by atoms with E-state index in [0.29, 0.717) is 0 Å². The average Bonchev–Trinajstić information content (AvgIpc) is 2.04. The fourth-order valence-corrected chi connectivity index (χ4v) is 1.53. The minimum atomic E-state index is 0.842. The Labute approximate surface area is 68.5 Å². The van der Waals surface area contributed by atoms with Gasteiger partial charge in [-0.1, -0.05) is 0 Å². The maximum atomic E-state index is 5.63. The van der Waals surface area contributed by atoms with Gasteiger partial charge in [-0.3, -0.25) is 5.84 Å². The van der Waals surface area contributed by atoms with Crippen LogP contribution in [-0.4, -0.2) is 31.8 Å². The summed E-state index contributed by atoms with van der Waals surface area (Å²) in [4.78, 5) is 0. The first-order chi connectivity index (χ1) is 5.33. The Morgan fingerprint density at radius 2 is 2.09 bits per heavy atom. The summed E-state index contributed by atoms with van der Waals surface area (Å²) in [5.41, 5.74) is 0. The summed E-state index contributed by atoms with van der Waals surface area (Å²) >= 11 is 0. The van der Waals surface area contributed by atoms with Gasteiger partial charge in [-0.15, -0.1) is 0 Å². The molecular weight excluding hydrogens is 140 g/mol. The van der Waals surface area contributed by atoms with Gasteiger partial charge in [0.25, 0.3) is 0 Å². The van der Waals surface area contributed by atoms with Crippen LogP contribution in [0.3, 0.4) is 0 Å². The van der Waals surface area contributed by atoms with E-state index in [2.05, 4.69) is 0 Å². The lowest BCUT2D eigenvalue weighted by atomic mass is 9.95. The third-order valence-corrected chi connectivity index (χ3v) is 2.38. The van der Waals surface area contributed by atoms with Crippen molar-refractivity contribution >= 4 is 0 Å². The molecule has 0 aliphatic carbocycles. The largest absolute Gasteiger partial charge is 0.385 e. The molecule has 0 bridgehead atoms. The lowest BCUT2D eigenvalue weighted by Crippen LogP contribution is -2.39. The lowest BCUT2D eigenvalue weighted by Gasteiger charge is -2.28. The van der Waals surface area contributed by atoms with Crippen LogP contribution in [0.5, 0.6) is 0 Å². The van der Waals surface area contributed by atoms with Crippen LogP contribution in [0.15, 0.2) is 0 Å². The van der Waals surface area contributed by atoms with Gasteiger partial charge in [-0.2, -0.15) is 0 Å². The molecule has 0 spiro atoms. The summed E-state index contributed by atoms with van der Waals surface area (Å²) in [5.74, 6) is 6.47. The smallest absolute Gasteiger partial charge is 0.0464 e. The Hall–Kier alpha value is -0.120. The number of rotatable bonds is 3. The van der Waals surface area contributed by atoms with Gasteiger partial charge in [0.1, 0.15) is 0 Å². The van der Waals surface area contributed by atoms with Gasteiger partial charge in [-0.05, 0) is 25.2 Å². The molecule has 0 aromatic carbocycles. The van der Waals surface area contributed by atoms with Crippen LogP contribution in [0.25, 0.3) is 0 Å². The molecule has 0 atom stereocenters. The van der Waals surface area contributed by atoms with Crippen LogP contribution in [0.1, 0.15) is 19.3 Å². The summed E-state index contributed by atoms with van der Waals surface area (Å²) in [6.07, 6.45) is 3.67. The molecule has 1 aliphatic heterocycles. The van der Waals surface area contributed by atoms with E-state index in [1.165, 1.54) is 19.3 Å². The van der Waals surface area contributed by atoms with Crippen LogP contribution in [0.2, 0.25) is 0 Å². The fraction of sp³-hybridized carbons (Fsp3) is 1.00. The van der Waals surface area contributed by atoms with Crippen molar-refractivity contribution in [2.45, 2.75) is 19.3 Å². The number of hydrogen-bond acceptors (Lipinski definition) is 3. The second kappa shape index (κ2) is 4.70. The van der Waals surface area contributed by atoms with Gasteiger partial charge in [0.15, 0.2) is 0 Å². The molecule has 11 heavy (non-hydrogen) atoms. The fourth-order valence-electron chi connectivity index (χ4n) is 1.53. The Balaban J connectivity index is 2.07. The Morgan fingerprint density at radius 3 is 2.64 bits per heavy atom. The maximum absolute atomic E-state index is 5.63. The first-order valence-electron chi connectivity index (χ1n) is 4.31. The average molecular weight is 158 g/mol. The van der Waals surface area contributed by atoms with Crippen LogP contribution in [0.4, 0.5) is 0 Å². The van der Waals surface area contributed by atoms with E-state index in [-0.39, 0.29) is 0 Å². The van der Waals surface area contributed by atoms with Crippen molar-refractivity contribution in [1.29, 1.82) is 0 Å². The molecule has 1 fully saturated rings. The van der Waals surface area contributed by atoms with Crippen LogP contribution >= 0.6 is 0 Å². The number of hydrazine groups is 1. The molecule has 3 nitrogen and oxygen atoms in total. The zero-order chi connectivity index (χ0) is 8.10. The number of methoxy groups -OCH3 is 1. The van der Waals surface area contributed by atoms with Crippen molar-refractivity contribution in [3.05, 3.63) is 0 Å². The topological polar surface area (TPSA) is 38.5 Å². The van der Waals surface area contributed by atoms with E-state index >= 15 is 0 Å². The van der Waals surface area contributed by atoms with E-state index < -0.39 is 0 Å². The van der Waals surface area contributed by atoms with Crippen molar-refractivity contribution < 1.29 is 4.74 Å². The highest BCUT2D eigenvalue weighted by Crippen LogP contribution is 2.18. The number of hydrogen-bond donors (Lipinski definition) is 1. The predicted octanol–water partition coefficient (Wildman–Crippen LogP) is 0.609. The molecule has 0 unspecified atom stereocenters. The molecule has 1 rings (SSSR count). The monoisotopic (exact) mass is 158 g/mol. The summed E-state index contributed by atoms with van der Waals surface area (Å²) < 4.78 is 5.03. The predicted molar refractivity (Wildman–Crippen MR) is 45.0 cm³/mol. The van der Waals surface area contributed by atoms with Crippen molar-refractivity contribution in [2.24, 2.45) is 11.8 Å². The SMILES string of the molecule is COCCC1CCN(N)CC1. The summed E-state index contributed by atoms with van der Waals surface area (Å²) in [7, 11) is 1.76. The maximum Gasteiger partial charge on any atom is 0.0464 e.